The van der Waals surface area contributed by atoms with Crippen LogP contribution in [0.4, 0.5) is 13.2 Å². The van der Waals surface area contributed by atoms with Crippen LogP contribution in [0, 0.1) is 0 Å². The van der Waals surface area contributed by atoms with Crippen molar-refractivity contribution in [3.63, 3.8) is 0 Å². The van der Waals surface area contributed by atoms with E-state index in [4.69, 9.17) is 14.2 Å². The van der Waals surface area contributed by atoms with Gasteiger partial charge in [0.15, 0.2) is 5.79 Å². The normalized spacial score (nSPS) is 34.5. The summed E-state index contributed by atoms with van der Waals surface area (Å²) < 4.78 is 79.2. The van der Waals surface area contributed by atoms with Gasteiger partial charge in [0, 0.05) is 13.0 Å². The number of hydrogen-bond acceptors (Lipinski definition) is 6. The third-order valence-corrected chi connectivity index (χ3v) is 4.08. The fraction of sp³-hybridized carbons (Fsp3) is 1.00. The minimum Gasteiger partial charge on any atom is -0.373 e. The van der Waals surface area contributed by atoms with Crippen LogP contribution in [0.2, 0.25) is 0 Å². The van der Waals surface area contributed by atoms with E-state index in [1.54, 1.807) is 13.8 Å². The van der Waals surface area contributed by atoms with Gasteiger partial charge in [-0.1, -0.05) is 0 Å². The van der Waals surface area contributed by atoms with Crippen molar-refractivity contribution in [2.24, 2.45) is 0 Å². The van der Waals surface area contributed by atoms with Crippen LogP contribution in [0.15, 0.2) is 0 Å². The van der Waals surface area contributed by atoms with Gasteiger partial charge in [0.25, 0.3) is 0 Å². The zero-order valence-corrected chi connectivity index (χ0v) is 11.7. The number of alkyl halides is 3. The molecular formula is C10H15F3O6S. The fourth-order valence-electron chi connectivity index (χ4n) is 2.14. The van der Waals surface area contributed by atoms with E-state index < -0.39 is 39.7 Å². The Morgan fingerprint density at radius 3 is 2.45 bits per heavy atom. The van der Waals surface area contributed by atoms with Gasteiger partial charge in [-0.05, 0) is 13.8 Å². The molecule has 0 aromatic rings. The maximum atomic E-state index is 12.3. The van der Waals surface area contributed by atoms with Crippen molar-refractivity contribution in [2.45, 2.75) is 49.9 Å². The molecule has 0 aromatic heterocycles. The maximum Gasteiger partial charge on any atom is 0.523 e. The predicted octanol–water partition coefficient (Wildman–Crippen LogP) is 1.16. The van der Waals surface area contributed by atoms with Gasteiger partial charge in [-0.2, -0.15) is 21.6 Å². The summed E-state index contributed by atoms with van der Waals surface area (Å²) in [4.78, 5) is 0. The highest BCUT2D eigenvalue weighted by Crippen LogP contribution is 2.34. The van der Waals surface area contributed by atoms with E-state index in [2.05, 4.69) is 4.18 Å². The third kappa shape index (κ3) is 3.25. The molecule has 0 aromatic carbocycles. The molecule has 2 aliphatic rings. The molecule has 0 aliphatic carbocycles. The molecule has 3 unspecified atom stereocenters. The Kier molecular flexibility index (Phi) is 4.06. The standard InChI is InChI=1S/C10H15F3O6S/c1-9(2)17-5-7(18-9)8-6(3-4-16-8)19-20(14,15)10(11,12)13/h6-8H,3-5H2,1-2H3. The highest BCUT2D eigenvalue weighted by atomic mass is 32.2. The summed E-state index contributed by atoms with van der Waals surface area (Å²) >= 11 is 0. The van der Waals surface area contributed by atoms with Gasteiger partial charge < -0.3 is 14.2 Å². The first-order valence-electron chi connectivity index (χ1n) is 5.95. The zero-order valence-electron chi connectivity index (χ0n) is 10.8. The van der Waals surface area contributed by atoms with Crippen molar-refractivity contribution in [1.82, 2.24) is 0 Å². The minimum absolute atomic E-state index is 0.0419. The van der Waals surface area contributed by atoms with Crippen LogP contribution in [0.1, 0.15) is 20.3 Å². The molecule has 0 amide bonds. The van der Waals surface area contributed by atoms with Gasteiger partial charge >= 0.3 is 15.6 Å². The van der Waals surface area contributed by atoms with Gasteiger partial charge in [0.1, 0.15) is 18.3 Å². The lowest BCUT2D eigenvalue weighted by Crippen LogP contribution is -2.41. The van der Waals surface area contributed by atoms with Crippen LogP contribution < -0.4 is 0 Å². The van der Waals surface area contributed by atoms with Gasteiger partial charge in [0.05, 0.1) is 6.61 Å². The summed E-state index contributed by atoms with van der Waals surface area (Å²) in [5, 5.41) is 0. The Morgan fingerprint density at radius 1 is 1.30 bits per heavy atom. The first-order valence-corrected chi connectivity index (χ1v) is 7.36. The largest absolute Gasteiger partial charge is 0.523 e. The maximum absolute atomic E-state index is 12.3. The number of rotatable bonds is 3. The molecule has 0 radical (unpaired) electrons. The molecule has 0 N–H and O–H groups in total. The predicted molar refractivity (Wildman–Crippen MR) is 59.1 cm³/mol. The molecule has 2 rings (SSSR count). The van der Waals surface area contributed by atoms with Crippen molar-refractivity contribution in [1.29, 1.82) is 0 Å². The lowest BCUT2D eigenvalue weighted by molar-refractivity contribution is -0.157. The first-order chi connectivity index (χ1) is 9.02. The number of hydrogen-bond donors (Lipinski definition) is 0. The van der Waals surface area contributed by atoms with E-state index >= 15 is 0 Å². The molecule has 0 saturated carbocycles. The van der Waals surface area contributed by atoms with Crippen molar-refractivity contribution in [2.75, 3.05) is 13.2 Å². The molecule has 2 saturated heterocycles. The highest BCUT2D eigenvalue weighted by Gasteiger charge is 2.52. The van der Waals surface area contributed by atoms with Gasteiger partial charge in [-0.25, -0.2) is 0 Å². The molecule has 3 atom stereocenters. The Bertz CT molecular complexity index is 460. The second-order valence-electron chi connectivity index (χ2n) is 5.03. The molecule has 6 nitrogen and oxygen atoms in total. The summed E-state index contributed by atoms with van der Waals surface area (Å²) in [6.07, 6.45) is -2.76. The lowest BCUT2D eigenvalue weighted by atomic mass is 10.1. The quantitative estimate of drug-likeness (QED) is 0.574. The van der Waals surface area contributed by atoms with E-state index in [-0.39, 0.29) is 19.6 Å². The Hall–Kier alpha value is -0.420. The monoisotopic (exact) mass is 320 g/mol. The van der Waals surface area contributed by atoms with Crippen molar-refractivity contribution in [3.8, 4) is 0 Å². The average Bonchev–Trinajstić information content (AvgIpc) is 2.82. The molecule has 20 heavy (non-hydrogen) atoms. The second-order valence-corrected chi connectivity index (χ2v) is 6.59. The molecule has 118 valence electrons. The summed E-state index contributed by atoms with van der Waals surface area (Å²) in [5.74, 6) is -0.885. The van der Waals surface area contributed by atoms with Crippen LogP contribution in [-0.2, 0) is 28.5 Å². The van der Waals surface area contributed by atoms with Crippen LogP contribution in [0.25, 0.3) is 0 Å². The zero-order chi connectivity index (χ0) is 15.2. The van der Waals surface area contributed by atoms with Crippen LogP contribution in [-0.4, -0.2) is 51.2 Å². The van der Waals surface area contributed by atoms with Crippen molar-refractivity contribution < 1.29 is 40.0 Å². The SMILES string of the molecule is CC1(C)OCC(C2OCCC2OS(=O)(=O)C(F)(F)F)O1. The summed E-state index contributed by atoms with van der Waals surface area (Å²) in [5.41, 5.74) is -5.45. The molecule has 2 heterocycles. The molecule has 2 fully saturated rings. The van der Waals surface area contributed by atoms with E-state index in [0.717, 1.165) is 0 Å². The van der Waals surface area contributed by atoms with E-state index in [9.17, 15) is 21.6 Å². The van der Waals surface area contributed by atoms with Crippen LogP contribution in [0.5, 0.6) is 0 Å². The summed E-state index contributed by atoms with van der Waals surface area (Å²) in [6.45, 7) is 3.49. The van der Waals surface area contributed by atoms with E-state index in [1.165, 1.54) is 0 Å². The van der Waals surface area contributed by atoms with Gasteiger partial charge in [-0.15, -0.1) is 0 Å². The average molecular weight is 320 g/mol. The second kappa shape index (κ2) is 5.09. The molecule has 2 aliphatic heterocycles. The Balaban J connectivity index is 2.06. The smallest absolute Gasteiger partial charge is 0.373 e. The Morgan fingerprint density at radius 2 is 1.95 bits per heavy atom. The van der Waals surface area contributed by atoms with Gasteiger partial charge in [0.2, 0.25) is 0 Å². The van der Waals surface area contributed by atoms with E-state index in [1.807, 2.05) is 0 Å². The van der Waals surface area contributed by atoms with Crippen LogP contribution >= 0.6 is 0 Å². The number of ether oxygens (including phenoxy) is 3. The van der Waals surface area contributed by atoms with Crippen molar-refractivity contribution in [3.05, 3.63) is 0 Å². The molecule has 10 heteroatoms. The Labute approximate surface area is 114 Å². The lowest BCUT2D eigenvalue weighted by Gasteiger charge is -2.24. The summed E-state index contributed by atoms with van der Waals surface area (Å²) in [7, 11) is -5.65. The summed E-state index contributed by atoms with van der Waals surface area (Å²) in [6, 6.07) is 0. The fourth-order valence-corrected chi connectivity index (χ4v) is 2.78. The molecule has 0 spiro atoms. The van der Waals surface area contributed by atoms with Gasteiger partial charge in [-0.3, -0.25) is 4.18 Å². The van der Waals surface area contributed by atoms with Crippen LogP contribution in [0.3, 0.4) is 0 Å². The molecular weight excluding hydrogens is 305 g/mol. The topological polar surface area (TPSA) is 71.1 Å². The van der Waals surface area contributed by atoms with Crippen molar-refractivity contribution >= 4 is 10.1 Å². The minimum atomic E-state index is -5.65. The third-order valence-electron chi connectivity index (χ3n) is 3.01. The highest BCUT2D eigenvalue weighted by molar-refractivity contribution is 7.87. The van der Waals surface area contributed by atoms with E-state index in [0.29, 0.717) is 0 Å². The molecule has 0 bridgehead atoms. The number of halogens is 3. The first kappa shape index (κ1) is 16.0.